The Hall–Kier alpha value is -3.51. The molecule has 158 valence electrons. The molecule has 0 saturated heterocycles. The van der Waals surface area contributed by atoms with Crippen LogP contribution in [0, 0.1) is 17.1 Å². The minimum Gasteiger partial charge on any atom is -0.351 e. The van der Waals surface area contributed by atoms with Crippen molar-refractivity contribution in [3.8, 4) is 6.07 Å². The van der Waals surface area contributed by atoms with Crippen molar-refractivity contribution in [2.75, 3.05) is 12.3 Å². The lowest BCUT2D eigenvalue weighted by molar-refractivity contribution is 0.0949. The molecule has 9 heteroatoms. The molecule has 0 fully saturated rings. The van der Waals surface area contributed by atoms with Gasteiger partial charge in [-0.3, -0.25) is 9.59 Å². The van der Waals surface area contributed by atoms with E-state index in [1.807, 2.05) is 17.6 Å². The number of amides is 1. The van der Waals surface area contributed by atoms with E-state index in [0.29, 0.717) is 35.1 Å². The predicted octanol–water partition coefficient (Wildman–Crippen LogP) is 3.26. The summed E-state index contributed by atoms with van der Waals surface area (Å²) in [5, 5.41) is 20.5. The van der Waals surface area contributed by atoms with E-state index in [-0.39, 0.29) is 23.6 Å². The predicted molar refractivity (Wildman–Crippen MR) is 114 cm³/mol. The number of hydrogen-bond acceptors (Lipinski definition) is 6. The van der Waals surface area contributed by atoms with Crippen LogP contribution in [-0.4, -0.2) is 38.8 Å². The van der Waals surface area contributed by atoms with Gasteiger partial charge in [0.25, 0.3) is 5.91 Å². The summed E-state index contributed by atoms with van der Waals surface area (Å²) < 4.78 is 15.6. The van der Waals surface area contributed by atoms with Crippen LogP contribution >= 0.6 is 11.8 Å². The highest BCUT2D eigenvalue weighted by molar-refractivity contribution is 7.99. The number of thioether (sulfide) groups is 1. The molecule has 0 saturated carbocycles. The van der Waals surface area contributed by atoms with Crippen molar-refractivity contribution < 1.29 is 14.0 Å². The van der Waals surface area contributed by atoms with Gasteiger partial charge in [-0.15, -0.1) is 10.2 Å². The van der Waals surface area contributed by atoms with E-state index in [0.717, 1.165) is 0 Å². The van der Waals surface area contributed by atoms with Crippen molar-refractivity contribution in [3.63, 3.8) is 0 Å². The third-order valence-corrected chi connectivity index (χ3v) is 5.50. The van der Waals surface area contributed by atoms with Gasteiger partial charge in [-0.1, -0.05) is 36.0 Å². The Bertz CT molecular complexity index is 1120. The van der Waals surface area contributed by atoms with Gasteiger partial charge < -0.3 is 9.88 Å². The average molecular weight is 438 g/mol. The van der Waals surface area contributed by atoms with E-state index < -0.39 is 11.7 Å². The van der Waals surface area contributed by atoms with Crippen LogP contribution in [0.25, 0.3) is 0 Å². The number of aromatic nitrogens is 3. The number of carbonyl (C=O) groups is 2. The molecule has 0 unspecified atom stereocenters. The maximum atomic E-state index is 13.7. The van der Waals surface area contributed by atoms with Crippen LogP contribution in [0.1, 0.15) is 39.0 Å². The first-order valence-electron chi connectivity index (χ1n) is 9.64. The summed E-state index contributed by atoms with van der Waals surface area (Å²) in [6.45, 7) is 2.83. The zero-order valence-electron chi connectivity index (χ0n) is 16.8. The molecule has 1 aromatic heterocycles. The summed E-state index contributed by atoms with van der Waals surface area (Å²) in [4.78, 5) is 24.5. The number of halogens is 1. The van der Waals surface area contributed by atoms with Gasteiger partial charge in [0.15, 0.2) is 10.9 Å². The number of hydrogen-bond donors (Lipinski definition) is 1. The number of nitriles is 1. The second-order valence-corrected chi connectivity index (χ2v) is 7.47. The zero-order chi connectivity index (χ0) is 22.2. The first kappa shape index (κ1) is 22.2. The van der Waals surface area contributed by atoms with E-state index in [1.54, 1.807) is 30.3 Å². The van der Waals surface area contributed by atoms with Crippen molar-refractivity contribution in [1.82, 2.24) is 20.1 Å². The van der Waals surface area contributed by atoms with E-state index in [9.17, 15) is 14.0 Å². The summed E-state index contributed by atoms with van der Waals surface area (Å²) in [5.74, 6) is -0.261. The van der Waals surface area contributed by atoms with Gasteiger partial charge in [-0.05, 0) is 31.2 Å². The Labute approximate surface area is 183 Å². The highest BCUT2D eigenvalue weighted by Gasteiger charge is 2.15. The summed E-state index contributed by atoms with van der Waals surface area (Å²) >= 11 is 1.28. The lowest BCUT2D eigenvalue weighted by atomic mass is 10.1. The number of ketones is 1. The second kappa shape index (κ2) is 10.5. The molecule has 0 radical (unpaired) electrons. The van der Waals surface area contributed by atoms with Crippen LogP contribution in [0.2, 0.25) is 0 Å². The van der Waals surface area contributed by atoms with E-state index in [1.165, 1.54) is 30.0 Å². The van der Waals surface area contributed by atoms with Gasteiger partial charge in [0.05, 0.1) is 22.9 Å². The minimum absolute atomic E-state index is 0.00276. The lowest BCUT2D eigenvalue weighted by Gasteiger charge is -2.08. The van der Waals surface area contributed by atoms with Gasteiger partial charge >= 0.3 is 0 Å². The molecule has 2 aromatic carbocycles. The summed E-state index contributed by atoms with van der Waals surface area (Å²) in [5.41, 5.74) is 1.03. The molecule has 0 aliphatic rings. The Kier molecular flexibility index (Phi) is 7.51. The molecule has 7 nitrogen and oxygen atoms in total. The van der Waals surface area contributed by atoms with E-state index in [4.69, 9.17) is 5.26 Å². The van der Waals surface area contributed by atoms with E-state index >= 15 is 0 Å². The zero-order valence-corrected chi connectivity index (χ0v) is 17.7. The van der Waals surface area contributed by atoms with Crippen molar-refractivity contribution in [3.05, 3.63) is 76.9 Å². The highest BCUT2D eigenvalue weighted by atomic mass is 32.2. The Morgan fingerprint density at radius 2 is 1.90 bits per heavy atom. The number of nitrogens with one attached hydrogen (secondary N) is 1. The Morgan fingerprint density at radius 1 is 1.16 bits per heavy atom. The first-order chi connectivity index (χ1) is 15.0. The smallest absolute Gasteiger partial charge is 0.254 e. The first-order valence-corrected chi connectivity index (χ1v) is 10.6. The molecule has 0 spiro atoms. The van der Waals surface area contributed by atoms with Crippen molar-refractivity contribution in [2.24, 2.45) is 0 Å². The van der Waals surface area contributed by atoms with Gasteiger partial charge in [0.2, 0.25) is 0 Å². The topological polar surface area (TPSA) is 101 Å². The van der Waals surface area contributed by atoms with Crippen LogP contribution < -0.4 is 5.32 Å². The van der Waals surface area contributed by atoms with Gasteiger partial charge in [-0.2, -0.15) is 5.26 Å². The van der Waals surface area contributed by atoms with Crippen molar-refractivity contribution >= 4 is 23.5 Å². The lowest BCUT2D eigenvalue weighted by Crippen LogP contribution is -2.27. The molecule has 3 rings (SSSR count). The third kappa shape index (κ3) is 5.55. The van der Waals surface area contributed by atoms with Gasteiger partial charge in [0.1, 0.15) is 11.6 Å². The Morgan fingerprint density at radius 3 is 2.58 bits per heavy atom. The number of nitrogens with zero attached hydrogens (tertiary/aromatic N) is 4. The van der Waals surface area contributed by atoms with Crippen LogP contribution in [0.5, 0.6) is 0 Å². The molecule has 0 aliphatic carbocycles. The van der Waals surface area contributed by atoms with Crippen molar-refractivity contribution in [2.45, 2.75) is 25.0 Å². The average Bonchev–Trinajstić information content (AvgIpc) is 3.19. The quantitative estimate of drug-likeness (QED) is 0.407. The summed E-state index contributed by atoms with van der Waals surface area (Å²) in [6.07, 6.45) is 0.422. The largest absolute Gasteiger partial charge is 0.351 e. The Balaban J connectivity index is 1.56. The molecule has 0 bridgehead atoms. The number of benzene rings is 2. The molecular weight excluding hydrogens is 417 g/mol. The molecule has 1 N–H and O–H groups in total. The molecule has 0 atom stereocenters. The van der Waals surface area contributed by atoms with Crippen molar-refractivity contribution in [1.29, 1.82) is 5.26 Å². The van der Waals surface area contributed by atoms with Crippen LogP contribution in [0.4, 0.5) is 4.39 Å². The van der Waals surface area contributed by atoms with Crippen LogP contribution in [-0.2, 0) is 13.0 Å². The molecule has 31 heavy (non-hydrogen) atoms. The molecular formula is C22H20FN5O2S. The minimum atomic E-state index is -0.567. The summed E-state index contributed by atoms with van der Waals surface area (Å²) in [6, 6.07) is 14.3. The number of Topliss-reactive ketones (excluding diaryl/α,β-unsaturated/α-hetero) is 1. The fourth-order valence-corrected chi connectivity index (χ4v) is 3.82. The van der Waals surface area contributed by atoms with Crippen LogP contribution in [0.15, 0.2) is 53.7 Å². The SMILES string of the molecule is CCn1c(CCNC(=O)c2ccccc2F)nnc1SCC(=O)c1ccc(C#N)cc1. The van der Waals surface area contributed by atoms with Crippen LogP contribution in [0.3, 0.4) is 0 Å². The fourth-order valence-electron chi connectivity index (χ4n) is 2.90. The fraction of sp³-hybridized carbons (Fsp3) is 0.227. The standard InChI is InChI=1S/C22H20FN5O2S/c1-2-28-20(11-12-25-21(30)17-5-3-4-6-18(17)23)26-27-22(28)31-14-19(29)16-9-7-15(13-24)8-10-16/h3-10H,2,11-12,14H2,1H3,(H,25,30). The molecule has 3 aromatic rings. The number of carbonyl (C=O) groups excluding carboxylic acids is 2. The normalized spacial score (nSPS) is 10.5. The maximum Gasteiger partial charge on any atom is 0.254 e. The van der Waals surface area contributed by atoms with Gasteiger partial charge in [-0.25, -0.2) is 4.39 Å². The molecule has 1 heterocycles. The maximum absolute atomic E-state index is 13.7. The third-order valence-electron chi connectivity index (χ3n) is 4.53. The summed E-state index contributed by atoms with van der Waals surface area (Å²) in [7, 11) is 0. The van der Waals surface area contributed by atoms with Gasteiger partial charge in [0, 0.05) is 25.1 Å². The monoisotopic (exact) mass is 437 g/mol. The molecule has 1 amide bonds. The van der Waals surface area contributed by atoms with E-state index in [2.05, 4.69) is 15.5 Å². The molecule has 0 aliphatic heterocycles. The highest BCUT2D eigenvalue weighted by Crippen LogP contribution is 2.19. The number of rotatable bonds is 9. The second-order valence-electron chi connectivity index (χ2n) is 6.53.